The Morgan fingerprint density at radius 3 is 2.48 bits per heavy atom. The van der Waals surface area contributed by atoms with Crippen LogP contribution in [-0.2, 0) is 9.53 Å². The van der Waals surface area contributed by atoms with Gasteiger partial charge >= 0.3 is 5.97 Å². The van der Waals surface area contributed by atoms with Crippen LogP contribution in [0.2, 0.25) is 0 Å². The van der Waals surface area contributed by atoms with Crippen LogP contribution in [0.3, 0.4) is 0 Å². The third-order valence-corrected chi connectivity index (χ3v) is 5.52. The summed E-state index contributed by atoms with van der Waals surface area (Å²) < 4.78 is 10.7. The Hall–Kier alpha value is -2.90. The molecule has 0 aliphatic carbocycles. The SMILES string of the molecule is COc1cccc(C(=O)N(CCN2CCC(OCC(=O)O)CC2)c2ccc(C)cc2)c1. The van der Waals surface area contributed by atoms with E-state index in [9.17, 15) is 9.59 Å². The van der Waals surface area contributed by atoms with Crippen LogP contribution in [-0.4, -0.2) is 67.9 Å². The first kappa shape index (κ1) is 22.8. The predicted octanol–water partition coefficient (Wildman–Crippen LogP) is 3.22. The van der Waals surface area contributed by atoms with Gasteiger partial charge in [0.25, 0.3) is 5.91 Å². The monoisotopic (exact) mass is 426 g/mol. The molecule has 7 heteroatoms. The van der Waals surface area contributed by atoms with Crippen molar-refractivity contribution in [2.24, 2.45) is 0 Å². The predicted molar refractivity (Wildman–Crippen MR) is 119 cm³/mol. The first-order valence-electron chi connectivity index (χ1n) is 10.5. The Morgan fingerprint density at radius 1 is 1.13 bits per heavy atom. The molecule has 1 heterocycles. The number of ether oxygens (including phenoxy) is 2. The number of carboxylic acids is 1. The second-order valence-corrected chi connectivity index (χ2v) is 7.77. The second-order valence-electron chi connectivity index (χ2n) is 7.77. The molecule has 2 aromatic carbocycles. The summed E-state index contributed by atoms with van der Waals surface area (Å²) in [5, 5.41) is 8.76. The van der Waals surface area contributed by atoms with Crippen LogP contribution < -0.4 is 9.64 Å². The molecule has 0 saturated carbocycles. The number of methoxy groups -OCH3 is 1. The normalized spacial score (nSPS) is 14.9. The second kappa shape index (κ2) is 10.9. The molecule has 0 aromatic heterocycles. The molecule has 0 atom stereocenters. The summed E-state index contributed by atoms with van der Waals surface area (Å²) >= 11 is 0. The fourth-order valence-corrected chi connectivity index (χ4v) is 3.71. The molecule has 1 saturated heterocycles. The summed E-state index contributed by atoms with van der Waals surface area (Å²) in [6.45, 7) is 4.70. The van der Waals surface area contributed by atoms with Gasteiger partial charge in [-0.05, 0) is 50.1 Å². The molecule has 1 aliphatic heterocycles. The summed E-state index contributed by atoms with van der Waals surface area (Å²) in [6, 6.07) is 15.2. The van der Waals surface area contributed by atoms with Gasteiger partial charge < -0.3 is 24.4 Å². The van der Waals surface area contributed by atoms with Gasteiger partial charge in [-0.2, -0.15) is 0 Å². The first-order chi connectivity index (χ1) is 15.0. The maximum atomic E-state index is 13.3. The lowest BCUT2D eigenvalue weighted by Crippen LogP contribution is -2.43. The van der Waals surface area contributed by atoms with Crippen molar-refractivity contribution < 1.29 is 24.2 Å². The molecule has 1 amide bonds. The number of likely N-dealkylation sites (tertiary alicyclic amines) is 1. The van der Waals surface area contributed by atoms with E-state index in [1.807, 2.05) is 43.3 Å². The van der Waals surface area contributed by atoms with E-state index in [0.717, 1.165) is 43.7 Å². The lowest BCUT2D eigenvalue weighted by Gasteiger charge is -2.33. The molecule has 0 bridgehead atoms. The minimum absolute atomic E-state index is 0.0148. The van der Waals surface area contributed by atoms with Crippen LogP contribution in [0.25, 0.3) is 0 Å². The van der Waals surface area contributed by atoms with Gasteiger partial charge in [0.05, 0.1) is 13.2 Å². The molecule has 166 valence electrons. The first-order valence-corrected chi connectivity index (χ1v) is 10.5. The molecule has 3 rings (SSSR count). The number of carbonyl (C=O) groups is 2. The molecule has 7 nitrogen and oxygen atoms in total. The zero-order chi connectivity index (χ0) is 22.2. The minimum Gasteiger partial charge on any atom is -0.497 e. The summed E-state index contributed by atoms with van der Waals surface area (Å²) in [4.78, 5) is 28.1. The Morgan fingerprint density at radius 2 is 1.84 bits per heavy atom. The van der Waals surface area contributed by atoms with Crippen LogP contribution in [0, 0.1) is 6.92 Å². The van der Waals surface area contributed by atoms with E-state index in [0.29, 0.717) is 17.9 Å². The van der Waals surface area contributed by atoms with E-state index in [-0.39, 0.29) is 18.6 Å². The third kappa shape index (κ3) is 6.54. The molecule has 1 N–H and O–H groups in total. The van der Waals surface area contributed by atoms with Gasteiger partial charge in [0.15, 0.2) is 0 Å². The maximum absolute atomic E-state index is 13.3. The average molecular weight is 427 g/mol. The molecule has 2 aromatic rings. The van der Waals surface area contributed by atoms with Crippen molar-refractivity contribution in [3.05, 3.63) is 59.7 Å². The fraction of sp³-hybridized carbons (Fsp3) is 0.417. The highest BCUT2D eigenvalue weighted by atomic mass is 16.5. The zero-order valence-corrected chi connectivity index (χ0v) is 18.1. The molecule has 1 fully saturated rings. The van der Waals surface area contributed by atoms with Crippen molar-refractivity contribution >= 4 is 17.6 Å². The lowest BCUT2D eigenvalue weighted by atomic mass is 10.1. The number of carbonyl (C=O) groups excluding carboxylic acids is 1. The molecule has 0 unspecified atom stereocenters. The molecule has 0 radical (unpaired) electrons. The third-order valence-electron chi connectivity index (χ3n) is 5.52. The lowest BCUT2D eigenvalue weighted by molar-refractivity contribution is -0.145. The number of carboxylic acid groups (broad SMARTS) is 1. The minimum atomic E-state index is -0.938. The summed E-state index contributed by atoms with van der Waals surface area (Å²) in [7, 11) is 1.59. The zero-order valence-electron chi connectivity index (χ0n) is 18.1. The van der Waals surface area contributed by atoms with E-state index < -0.39 is 5.97 Å². The largest absolute Gasteiger partial charge is 0.497 e. The Bertz CT molecular complexity index is 876. The molecule has 1 aliphatic rings. The van der Waals surface area contributed by atoms with E-state index >= 15 is 0 Å². The van der Waals surface area contributed by atoms with Crippen LogP contribution in [0.4, 0.5) is 5.69 Å². The number of piperidine rings is 1. The highest BCUT2D eigenvalue weighted by Gasteiger charge is 2.23. The van der Waals surface area contributed by atoms with Crippen LogP contribution in [0.1, 0.15) is 28.8 Å². The van der Waals surface area contributed by atoms with Crippen LogP contribution in [0.5, 0.6) is 5.75 Å². The van der Waals surface area contributed by atoms with Crippen molar-refractivity contribution in [3.63, 3.8) is 0 Å². The number of rotatable bonds is 9. The quantitative estimate of drug-likeness (QED) is 0.663. The number of amides is 1. The van der Waals surface area contributed by atoms with Gasteiger partial charge in [-0.1, -0.05) is 23.8 Å². The Kier molecular flexibility index (Phi) is 8.03. The van der Waals surface area contributed by atoms with Crippen LogP contribution >= 0.6 is 0 Å². The number of anilines is 1. The smallest absolute Gasteiger partial charge is 0.329 e. The van der Waals surface area contributed by atoms with Crippen molar-refractivity contribution in [2.75, 3.05) is 44.8 Å². The number of aryl methyl sites for hydroxylation is 1. The summed E-state index contributed by atoms with van der Waals surface area (Å²) in [5.74, 6) is -0.354. The van der Waals surface area contributed by atoms with Crippen molar-refractivity contribution in [2.45, 2.75) is 25.9 Å². The highest BCUT2D eigenvalue weighted by Crippen LogP contribution is 2.21. The summed E-state index contributed by atoms with van der Waals surface area (Å²) in [6.07, 6.45) is 1.57. The van der Waals surface area contributed by atoms with Crippen molar-refractivity contribution in [3.8, 4) is 5.75 Å². The van der Waals surface area contributed by atoms with Gasteiger partial charge in [-0.15, -0.1) is 0 Å². The van der Waals surface area contributed by atoms with Crippen molar-refractivity contribution in [1.82, 2.24) is 4.90 Å². The van der Waals surface area contributed by atoms with Crippen molar-refractivity contribution in [1.29, 1.82) is 0 Å². The van der Waals surface area contributed by atoms with E-state index in [4.69, 9.17) is 14.6 Å². The van der Waals surface area contributed by atoms with Gasteiger partial charge in [0, 0.05) is 37.4 Å². The number of nitrogens with zero attached hydrogens (tertiary/aromatic N) is 2. The van der Waals surface area contributed by atoms with Gasteiger partial charge in [-0.3, -0.25) is 4.79 Å². The van der Waals surface area contributed by atoms with Gasteiger partial charge in [-0.25, -0.2) is 4.79 Å². The fourth-order valence-electron chi connectivity index (χ4n) is 3.71. The molecule has 31 heavy (non-hydrogen) atoms. The standard InChI is InChI=1S/C24H30N2O5/c1-18-6-8-20(9-7-18)26(24(29)19-4-3-5-22(16-19)30-2)15-14-25-12-10-21(11-13-25)31-17-23(27)28/h3-9,16,21H,10-15,17H2,1-2H3,(H,27,28). The number of benzene rings is 2. The summed E-state index contributed by atoms with van der Waals surface area (Å²) in [5.41, 5.74) is 2.58. The highest BCUT2D eigenvalue weighted by molar-refractivity contribution is 6.06. The molecule has 0 spiro atoms. The Balaban J connectivity index is 1.66. The van der Waals surface area contributed by atoms with Crippen LogP contribution in [0.15, 0.2) is 48.5 Å². The molecular weight excluding hydrogens is 396 g/mol. The topological polar surface area (TPSA) is 79.3 Å². The van der Waals surface area contributed by atoms with Gasteiger partial charge in [0.2, 0.25) is 0 Å². The number of hydrogen-bond donors (Lipinski definition) is 1. The van der Waals surface area contributed by atoms with E-state index in [1.54, 1.807) is 24.1 Å². The maximum Gasteiger partial charge on any atom is 0.329 e. The van der Waals surface area contributed by atoms with Gasteiger partial charge in [0.1, 0.15) is 12.4 Å². The average Bonchev–Trinajstić information content (AvgIpc) is 2.79. The van der Waals surface area contributed by atoms with E-state index in [1.165, 1.54) is 0 Å². The number of aliphatic carboxylic acids is 1. The van der Waals surface area contributed by atoms with E-state index in [2.05, 4.69) is 4.90 Å². The number of hydrogen-bond acceptors (Lipinski definition) is 5. The Labute approximate surface area is 183 Å². The molecular formula is C24H30N2O5.